The Morgan fingerprint density at radius 2 is 2.12 bits per heavy atom. The number of hydrogen-bond acceptors (Lipinski definition) is 4. The number of methoxy groups -OCH3 is 1. The predicted molar refractivity (Wildman–Crippen MR) is 63.1 cm³/mol. The van der Waals surface area contributed by atoms with Gasteiger partial charge in [-0.2, -0.15) is 0 Å². The van der Waals surface area contributed by atoms with Gasteiger partial charge in [0.2, 0.25) is 5.95 Å². The maximum Gasteiger partial charge on any atom is 0.220 e. The monoisotopic (exact) mass is 233 g/mol. The molecule has 1 heterocycles. The van der Waals surface area contributed by atoms with Crippen LogP contribution in [0.2, 0.25) is 0 Å². The van der Waals surface area contributed by atoms with Crippen molar-refractivity contribution in [3.05, 3.63) is 35.8 Å². The van der Waals surface area contributed by atoms with Crippen LogP contribution in [0.5, 0.6) is 5.75 Å². The maximum absolute atomic E-state index is 13.6. The van der Waals surface area contributed by atoms with Crippen molar-refractivity contribution in [3.8, 4) is 17.0 Å². The topological polar surface area (TPSA) is 61.0 Å². The van der Waals surface area contributed by atoms with Crippen molar-refractivity contribution >= 4 is 5.95 Å². The minimum atomic E-state index is -0.429. The largest absolute Gasteiger partial charge is 0.494 e. The van der Waals surface area contributed by atoms with Crippen LogP contribution in [0.25, 0.3) is 11.3 Å². The number of anilines is 1. The van der Waals surface area contributed by atoms with E-state index in [2.05, 4.69) is 9.97 Å². The van der Waals surface area contributed by atoms with E-state index in [0.29, 0.717) is 11.3 Å². The van der Waals surface area contributed by atoms with Gasteiger partial charge in [0.1, 0.15) is 0 Å². The molecule has 1 aromatic carbocycles. The highest BCUT2D eigenvalue weighted by Crippen LogP contribution is 2.26. The van der Waals surface area contributed by atoms with Gasteiger partial charge in [-0.05, 0) is 30.7 Å². The van der Waals surface area contributed by atoms with Crippen LogP contribution in [0.4, 0.5) is 10.3 Å². The Labute approximate surface area is 98.3 Å². The van der Waals surface area contributed by atoms with Gasteiger partial charge >= 0.3 is 0 Å². The van der Waals surface area contributed by atoms with Gasteiger partial charge in [0.15, 0.2) is 11.6 Å². The molecule has 0 aliphatic rings. The van der Waals surface area contributed by atoms with E-state index in [1.54, 1.807) is 18.3 Å². The molecule has 0 unspecified atom stereocenters. The fraction of sp³-hybridized carbons (Fsp3) is 0.167. The number of benzene rings is 1. The summed E-state index contributed by atoms with van der Waals surface area (Å²) in [5.41, 5.74) is 7.63. The van der Waals surface area contributed by atoms with Gasteiger partial charge in [-0.1, -0.05) is 0 Å². The molecule has 2 rings (SSSR count). The molecule has 0 saturated heterocycles. The van der Waals surface area contributed by atoms with Crippen LogP contribution in [0, 0.1) is 12.7 Å². The number of nitrogens with zero attached hydrogens (tertiary/aromatic N) is 2. The molecular weight excluding hydrogens is 221 g/mol. The Bertz CT molecular complexity index is 557. The Kier molecular flexibility index (Phi) is 2.91. The molecule has 88 valence electrons. The zero-order valence-electron chi connectivity index (χ0n) is 9.57. The SMILES string of the molecule is COc1ccc(-c2nc(N)ncc2C)cc1F. The van der Waals surface area contributed by atoms with E-state index in [0.717, 1.165) is 5.56 Å². The predicted octanol–water partition coefficient (Wildman–Crippen LogP) is 2.18. The highest BCUT2D eigenvalue weighted by molar-refractivity contribution is 5.64. The third kappa shape index (κ3) is 2.18. The highest BCUT2D eigenvalue weighted by atomic mass is 19.1. The van der Waals surface area contributed by atoms with Gasteiger partial charge in [0.05, 0.1) is 12.8 Å². The summed E-state index contributed by atoms with van der Waals surface area (Å²) < 4.78 is 18.4. The number of aromatic nitrogens is 2. The van der Waals surface area contributed by atoms with Crippen molar-refractivity contribution in [1.29, 1.82) is 0 Å². The van der Waals surface area contributed by atoms with Crippen LogP contribution in [0.15, 0.2) is 24.4 Å². The molecule has 0 bridgehead atoms. The number of nitrogen functional groups attached to an aromatic ring is 1. The number of ether oxygens (including phenoxy) is 1. The summed E-state index contributed by atoms with van der Waals surface area (Å²) in [6, 6.07) is 4.66. The molecule has 0 atom stereocenters. The van der Waals surface area contributed by atoms with Gasteiger partial charge in [-0.3, -0.25) is 0 Å². The summed E-state index contributed by atoms with van der Waals surface area (Å²) in [7, 11) is 1.42. The molecule has 0 saturated carbocycles. The highest BCUT2D eigenvalue weighted by Gasteiger charge is 2.09. The number of rotatable bonds is 2. The van der Waals surface area contributed by atoms with Crippen molar-refractivity contribution in [2.45, 2.75) is 6.92 Å². The first-order valence-electron chi connectivity index (χ1n) is 5.05. The van der Waals surface area contributed by atoms with Crippen LogP contribution in [-0.2, 0) is 0 Å². The molecule has 4 nitrogen and oxygen atoms in total. The number of aryl methyl sites for hydroxylation is 1. The lowest BCUT2D eigenvalue weighted by atomic mass is 10.1. The lowest BCUT2D eigenvalue weighted by Gasteiger charge is -2.07. The third-order valence-corrected chi connectivity index (χ3v) is 2.42. The summed E-state index contributed by atoms with van der Waals surface area (Å²) in [6.07, 6.45) is 1.61. The standard InChI is InChI=1S/C12H12FN3O/c1-7-6-15-12(14)16-11(7)8-3-4-10(17-2)9(13)5-8/h3-6H,1-2H3,(H2,14,15,16). The average molecular weight is 233 g/mol. The van der Waals surface area contributed by atoms with Crippen molar-refractivity contribution in [1.82, 2.24) is 9.97 Å². The quantitative estimate of drug-likeness (QED) is 0.863. The number of hydrogen-bond donors (Lipinski definition) is 1. The van der Waals surface area contributed by atoms with Gasteiger partial charge < -0.3 is 10.5 Å². The van der Waals surface area contributed by atoms with E-state index in [-0.39, 0.29) is 11.7 Å². The zero-order chi connectivity index (χ0) is 12.4. The molecule has 0 radical (unpaired) electrons. The molecule has 5 heteroatoms. The minimum Gasteiger partial charge on any atom is -0.494 e. The molecule has 0 aliphatic carbocycles. The van der Waals surface area contributed by atoms with Crippen molar-refractivity contribution in [2.75, 3.05) is 12.8 Å². The summed E-state index contributed by atoms with van der Waals surface area (Å²) >= 11 is 0. The normalized spacial score (nSPS) is 10.3. The first-order valence-corrected chi connectivity index (χ1v) is 5.05. The summed E-state index contributed by atoms with van der Waals surface area (Å²) in [4.78, 5) is 7.97. The molecular formula is C12H12FN3O. The second-order valence-electron chi connectivity index (χ2n) is 3.61. The summed E-state index contributed by atoms with van der Waals surface area (Å²) in [6.45, 7) is 1.84. The van der Waals surface area contributed by atoms with E-state index in [1.807, 2.05) is 6.92 Å². The first kappa shape index (κ1) is 11.3. The van der Waals surface area contributed by atoms with Gasteiger partial charge in [0.25, 0.3) is 0 Å². The van der Waals surface area contributed by atoms with Crippen molar-refractivity contribution in [3.63, 3.8) is 0 Å². The second-order valence-corrected chi connectivity index (χ2v) is 3.61. The molecule has 2 aromatic rings. The van der Waals surface area contributed by atoms with Gasteiger partial charge in [-0.25, -0.2) is 14.4 Å². The molecule has 2 N–H and O–H groups in total. The van der Waals surface area contributed by atoms with E-state index in [1.165, 1.54) is 13.2 Å². The van der Waals surface area contributed by atoms with E-state index in [9.17, 15) is 4.39 Å². The Morgan fingerprint density at radius 3 is 2.76 bits per heavy atom. The Hall–Kier alpha value is -2.17. The van der Waals surface area contributed by atoms with Crippen LogP contribution < -0.4 is 10.5 Å². The maximum atomic E-state index is 13.6. The lowest BCUT2D eigenvalue weighted by Crippen LogP contribution is -1.98. The van der Waals surface area contributed by atoms with E-state index >= 15 is 0 Å². The molecule has 0 aliphatic heterocycles. The van der Waals surface area contributed by atoms with Gasteiger partial charge in [-0.15, -0.1) is 0 Å². The zero-order valence-corrected chi connectivity index (χ0v) is 9.57. The van der Waals surface area contributed by atoms with E-state index < -0.39 is 5.82 Å². The average Bonchev–Trinajstić information content (AvgIpc) is 2.32. The molecule has 0 amide bonds. The number of nitrogens with two attached hydrogens (primary N) is 1. The Morgan fingerprint density at radius 1 is 1.35 bits per heavy atom. The van der Waals surface area contributed by atoms with Crippen molar-refractivity contribution in [2.24, 2.45) is 0 Å². The van der Waals surface area contributed by atoms with Gasteiger partial charge in [0, 0.05) is 11.8 Å². The van der Waals surface area contributed by atoms with Crippen LogP contribution in [0.3, 0.4) is 0 Å². The summed E-state index contributed by atoms with van der Waals surface area (Å²) in [5.74, 6) is -0.0585. The fourth-order valence-electron chi connectivity index (χ4n) is 1.56. The second kappa shape index (κ2) is 4.37. The smallest absolute Gasteiger partial charge is 0.220 e. The van der Waals surface area contributed by atoms with Crippen LogP contribution >= 0.6 is 0 Å². The molecule has 17 heavy (non-hydrogen) atoms. The molecule has 0 spiro atoms. The van der Waals surface area contributed by atoms with Crippen molar-refractivity contribution < 1.29 is 9.13 Å². The number of halogens is 1. The molecule has 0 fully saturated rings. The first-order chi connectivity index (χ1) is 8.11. The third-order valence-electron chi connectivity index (χ3n) is 2.42. The van der Waals surface area contributed by atoms with E-state index in [4.69, 9.17) is 10.5 Å². The summed E-state index contributed by atoms with van der Waals surface area (Å²) in [5, 5.41) is 0. The van der Waals surface area contributed by atoms with Crippen LogP contribution in [-0.4, -0.2) is 17.1 Å². The minimum absolute atomic E-state index is 0.168. The molecule has 1 aromatic heterocycles. The fourth-order valence-corrected chi connectivity index (χ4v) is 1.56. The lowest BCUT2D eigenvalue weighted by molar-refractivity contribution is 0.386. The Balaban J connectivity index is 2.53. The van der Waals surface area contributed by atoms with Crippen LogP contribution in [0.1, 0.15) is 5.56 Å².